The number of hydrogen-bond donors (Lipinski definition) is 1. The Morgan fingerprint density at radius 2 is 1.97 bits per heavy atom. The molecule has 0 fully saturated rings. The zero-order valence-corrected chi connectivity index (χ0v) is 20.9. The zero-order chi connectivity index (χ0) is 23.9. The molecule has 2 aromatic heterocycles. The Morgan fingerprint density at radius 1 is 1.18 bits per heavy atom. The largest absolute Gasteiger partial charge is 0.497 e. The average molecular weight is 468 g/mol. The van der Waals surface area contributed by atoms with Crippen molar-refractivity contribution >= 4 is 33.5 Å². The minimum atomic E-state index is 0.269. The third kappa shape index (κ3) is 4.03. The van der Waals surface area contributed by atoms with Crippen molar-refractivity contribution in [2.75, 3.05) is 7.11 Å². The molecule has 2 heterocycles. The fourth-order valence-electron chi connectivity index (χ4n) is 4.93. The molecule has 1 aliphatic rings. The number of benzene rings is 2. The lowest BCUT2D eigenvalue weighted by Crippen LogP contribution is -2.26. The van der Waals surface area contributed by atoms with Crippen LogP contribution >= 0.6 is 11.3 Å². The summed E-state index contributed by atoms with van der Waals surface area (Å²) in [5, 5.41) is 11.8. The van der Waals surface area contributed by atoms with E-state index in [1.807, 2.05) is 42.6 Å². The summed E-state index contributed by atoms with van der Waals surface area (Å²) >= 11 is 1.69. The van der Waals surface area contributed by atoms with Gasteiger partial charge >= 0.3 is 0 Å². The number of fused-ring (bicyclic) bond motifs is 2. The number of nitrogens with one attached hydrogen (secondary N) is 1. The summed E-state index contributed by atoms with van der Waals surface area (Å²) < 4.78 is 5.48. The van der Waals surface area contributed by atoms with E-state index >= 15 is 0 Å². The van der Waals surface area contributed by atoms with Crippen LogP contribution in [0.3, 0.4) is 0 Å². The van der Waals surface area contributed by atoms with E-state index < -0.39 is 0 Å². The lowest BCUT2D eigenvalue weighted by atomic mass is 9.72. The van der Waals surface area contributed by atoms with Gasteiger partial charge in [-0.2, -0.15) is 5.26 Å². The number of aliphatic imine (C=N–C) groups is 1. The van der Waals surface area contributed by atoms with Crippen LogP contribution in [-0.4, -0.2) is 18.3 Å². The van der Waals surface area contributed by atoms with E-state index in [4.69, 9.17) is 9.73 Å². The number of aromatic amines is 1. The third-order valence-corrected chi connectivity index (χ3v) is 8.16. The molecule has 0 bridgehead atoms. The van der Waals surface area contributed by atoms with Crippen molar-refractivity contribution in [2.24, 2.45) is 16.3 Å². The molecule has 172 valence electrons. The highest BCUT2D eigenvalue weighted by Gasteiger charge is 2.32. The first-order chi connectivity index (χ1) is 16.4. The minimum Gasteiger partial charge on any atom is -0.497 e. The van der Waals surface area contributed by atoms with Gasteiger partial charge in [0.05, 0.1) is 18.4 Å². The molecule has 5 heteroatoms. The molecule has 4 aromatic rings. The highest BCUT2D eigenvalue weighted by Crippen LogP contribution is 2.45. The summed E-state index contributed by atoms with van der Waals surface area (Å²) in [4.78, 5) is 9.81. The van der Waals surface area contributed by atoms with Gasteiger partial charge in [-0.05, 0) is 59.9 Å². The van der Waals surface area contributed by atoms with Crippen molar-refractivity contribution in [3.63, 3.8) is 0 Å². The highest BCUT2D eigenvalue weighted by atomic mass is 32.1. The van der Waals surface area contributed by atoms with E-state index in [2.05, 4.69) is 44.0 Å². The van der Waals surface area contributed by atoms with Crippen LogP contribution in [0.15, 0.2) is 53.5 Å². The predicted molar refractivity (Wildman–Crippen MR) is 142 cm³/mol. The molecule has 0 unspecified atom stereocenters. The predicted octanol–water partition coefficient (Wildman–Crippen LogP) is 7.68. The number of thiophene rings is 1. The van der Waals surface area contributed by atoms with Crippen LogP contribution in [0, 0.1) is 22.7 Å². The summed E-state index contributed by atoms with van der Waals surface area (Å²) in [6.07, 6.45) is 5.05. The fraction of sp³-hybridized carbons (Fsp3) is 0.310. The van der Waals surface area contributed by atoms with Crippen LogP contribution in [0.4, 0.5) is 5.00 Å². The minimum absolute atomic E-state index is 0.269. The molecule has 2 aromatic carbocycles. The van der Waals surface area contributed by atoms with Crippen molar-refractivity contribution in [3.05, 3.63) is 70.1 Å². The van der Waals surface area contributed by atoms with Crippen LogP contribution in [-0.2, 0) is 12.8 Å². The molecule has 0 spiro atoms. The topological polar surface area (TPSA) is 61.2 Å². The average Bonchev–Trinajstić information content (AvgIpc) is 3.39. The summed E-state index contributed by atoms with van der Waals surface area (Å²) in [6, 6.07) is 18.8. The highest BCUT2D eigenvalue weighted by molar-refractivity contribution is 7.16. The molecular weight excluding hydrogens is 438 g/mol. The van der Waals surface area contributed by atoms with E-state index in [0.29, 0.717) is 5.92 Å². The molecule has 5 rings (SSSR count). The summed E-state index contributed by atoms with van der Waals surface area (Å²) in [5.41, 5.74) is 6.37. The monoisotopic (exact) mass is 467 g/mol. The molecule has 0 aliphatic heterocycles. The van der Waals surface area contributed by atoms with Crippen LogP contribution in [0.2, 0.25) is 0 Å². The second-order valence-electron chi connectivity index (χ2n) is 10.1. The van der Waals surface area contributed by atoms with Crippen molar-refractivity contribution in [1.29, 1.82) is 5.26 Å². The first-order valence-corrected chi connectivity index (χ1v) is 12.5. The lowest BCUT2D eigenvalue weighted by Gasteiger charge is -2.33. The molecular formula is C29H29N3OS. The zero-order valence-electron chi connectivity index (χ0n) is 20.1. The van der Waals surface area contributed by atoms with Crippen molar-refractivity contribution in [3.8, 4) is 23.1 Å². The number of H-pyrrole nitrogens is 1. The first-order valence-electron chi connectivity index (χ1n) is 11.7. The van der Waals surface area contributed by atoms with Crippen molar-refractivity contribution < 1.29 is 4.74 Å². The Kier molecular flexibility index (Phi) is 5.79. The second kappa shape index (κ2) is 8.77. The first kappa shape index (κ1) is 22.4. The molecule has 0 radical (unpaired) electrons. The number of ether oxygens (including phenoxy) is 1. The maximum absolute atomic E-state index is 9.98. The van der Waals surface area contributed by atoms with Gasteiger partial charge in [-0.1, -0.05) is 51.1 Å². The van der Waals surface area contributed by atoms with E-state index in [9.17, 15) is 5.26 Å². The smallest absolute Gasteiger partial charge is 0.134 e. The Labute approximate surface area is 204 Å². The summed E-state index contributed by atoms with van der Waals surface area (Å²) in [7, 11) is 1.68. The van der Waals surface area contributed by atoms with E-state index in [-0.39, 0.29) is 5.41 Å². The molecule has 34 heavy (non-hydrogen) atoms. The van der Waals surface area contributed by atoms with Gasteiger partial charge in [-0.3, -0.25) is 0 Å². The Bertz CT molecular complexity index is 1410. The van der Waals surface area contributed by atoms with Gasteiger partial charge < -0.3 is 9.72 Å². The SMILES string of the molecule is COc1ccc2[nH]c(-c3ccccc3)c(C=Nc3sc4c(c3C#N)CC[C@@H](C(C)(C)C)C4)c2c1. The molecule has 0 saturated carbocycles. The van der Waals surface area contributed by atoms with Gasteiger partial charge in [-0.25, -0.2) is 4.99 Å². The van der Waals surface area contributed by atoms with E-state index in [0.717, 1.165) is 63.3 Å². The van der Waals surface area contributed by atoms with Gasteiger partial charge in [0.1, 0.15) is 16.8 Å². The standard InChI is InChI=1S/C29H29N3OS/c1-29(2,3)19-10-12-21-23(16-30)28(34-26(21)14-19)31-17-24-22-15-20(33-4)11-13-25(22)32-27(24)18-8-6-5-7-9-18/h5-9,11,13,15,17,19,32H,10,12,14H2,1-4H3/t19-/m1/s1. The van der Waals surface area contributed by atoms with Gasteiger partial charge in [0, 0.05) is 27.6 Å². The molecule has 0 amide bonds. The van der Waals surface area contributed by atoms with E-state index in [1.54, 1.807) is 18.4 Å². The number of methoxy groups -OCH3 is 1. The van der Waals surface area contributed by atoms with Crippen molar-refractivity contribution in [2.45, 2.75) is 40.0 Å². The lowest BCUT2D eigenvalue weighted by molar-refractivity contribution is 0.218. The Morgan fingerprint density at radius 3 is 2.68 bits per heavy atom. The maximum Gasteiger partial charge on any atom is 0.134 e. The van der Waals surface area contributed by atoms with Crippen molar-refractivity contribution in [1.82, 2.24) is 4.98 Å². The molecule has 1 aliphatic carbocycles. The van der Waals surface area contributed by atoms with Gasteiger partial charge in [0.25, 0.3) is 0 Å². The molecule has 1 atom stereocenters. The third-order valence-electron chi connectivity index (χ3n) is 7.00. The van der Waals surface area contributed by atoms with Crippen LogP contribution in [0.25, 0.3) is 22.2 Å². The summed E-state index contributed by atoms with van der Waals surface area (Å²) in [6.45, 7) is 6.95. The Balaban J connectivity index is 1.60. The molecule has 1 N–H and O–H groups in total. The van der Waals surface area contributed by atoms with Crippen LogP contribution in [0.5, 0.6) is 5.75 Å². The Hall–Kier alpha value is -3.36. The van der Waals surface area contributed by atoms with Gasteiger partial charge in [0.2, 0.25) is 0 Å². The quantitative estimate of drug-likeness (QED) is 0.313. The fourth-order valence-corrected chi connectivity index (χ4v) is 6.15. The number of nitriles is 1. The number of aromatic nitrogens is 1. The number of hydrogen-bond acceptors (Lipinski definition) is 4. The summed E-state index contributed by atoms with van der Waals surface area (Å²) in [5.74, 6) is 1.44. The molecule has 0 saturated heterocycles. The van der Waals surface area contributed by atoms with E-state index in [1.165, 1.54) is 10.4 Å². The second-order valence-corrected chi connectivity index (χ2v) is 11.1. The van der Waals surface area contributed by atoms with Crippen LogP contribution in [0.1, 0.15) is 48.8 Å². The van der Waals surface area contributed by atoms with Crippen LogP contribution < -0.4 is 4.74 Å². The number of rotatable bonds is 4. The maximum atomic E-state index is 9.98. The van der Waals surface area contributed by atoms with Gasteiger partial charge in [0.15, 0.2) is 0 Å². The van der Waals surface area contributed by atoms with Gasteiger partial charge in [-0.15, -0.1) is 11.3 Å². The number of nitrogens with zero attached hydrogens (tertiary/aromatic N) is 2. The normalized spacial score (nSPS) is 16.0. The molecule has 4 nitrogen and oxygen atoms in total.